The second-order valence-corrected chi connectivity index (χ2v) is 5.37. The molecule has 20 heavy (non-hydrogen) atoms. The van der Waals surface area contributed by atoms with Gasteiger partial charge < -0.3 is 15.0 Å². The molecule has 1 heterocycles. The summed E-state index contributed by atoms with van der Waals surface area (Å²) in [4.78, 5) is 36.5. The minimum absolute atomic E-state index is 0.000401. The van der Waals surface area contributed by atoms with Gasteiger partial charge in [0.2, 0.25) is 11.8 Å². The molecule has 114 valence electrons. The van der Waals surface area contributed by atoms with Crippen LogP contribution in [0.5, 0.6) is 0 Å². The molecule has 0 spiro atoms. The maximum absolute atomic E-state index is 11.9. The first-order valence-electron chi connectivity index (χ1n) is 7.09. The van der Waals surface area contributed by atoms with Gasteiger partial charge in [0.25, 0.3) is 0 Å². The second kappa shape index (κ2) is 7.87. The van der Waals surface area contributed by atoms with Crippen molar-refractivity contribution in [2.45, 2.75) is 33.1 Å². The van der Waals surface area contributed by atoms with E-state index in [1.54, 1.807) is 0 Å². The van der Waals surface area contributed by atoms with Crippen LogP contribution in [-0.4, -0.2) is 49.4 Å². The number of hydrogen-bond donors (Lipinski definition) is 1. The number of ether oxygens (including phenoxy) is 1. The van der Waals surface area contributed by atoms with Gasteiger partial charge in [0.1, 0.15) is 0 Å². The lowest BCUT2D eigenvalue weighted by Crippen LogP contribution is -2.44. The van der Waals surface area contributed by atoms with E-state index in [0.29, 0.717) is 32.5 Å². The topological polar surface area (TPSA) is 75.7 Å². The highest BCUT2D eigenvalue weighted by atomic mass is 16.5. The van der Waals surface area contributed by atoms with Crippen molar-refractivity contribution in [1.82, 2.24) is 10.2 Å². The lowest BCUT2D eigenvalue weighted by atomic mass is 9.95. The number of likely N-dealkylation sites (tertiary alicyclic amines) is 1. The summed E-state index contributed by atoms with van der Waals surface area (Å²) in [7, 11) is 1.33. The van der Waals surface area contributed by atoms with Gasteiger partial charge in [-0.1, -0.05) is 13.8 Å². The smallest absolute Gasteiger partial charge is 0.307 e. The number of esters is 1. The molecule has 0 saturated carbocycles. The van der Waals surface area contributed by atoms with E-state index in [0.717, 1.165) is 0 Å². The number of nitrogens with zero attached hydrogens (tertiary/aromatic N) is 1. The van der Waals surface area contributed by atoms with Crippen LogP contribution in [0.25, 0.3) is 0 Å². The molecule has 1 aliphatic rings. The molecular weight excluding hydrogens is 260 g/mol. The summed E-state index contributed by atoms with van der Waals surface area (Å²) in [6.45, 7) is 5.33. The molecule has 6 heteroatoms. The lowest BCUT2D eigenvalue weighted by molar-refractivity contribution is -0.141. The van der Waals surface area contributed by atoms with Crippen LogP contribution in [0, 0.1) is 11.8 Å². The Morgan fingerprint density at radius 1 is 1.25 bits per heavy atom. The number of amides is 2. The summed E-state index contributed by atoms with van der Waals surface area (Å²) >= 11 is 0. The fraction of sp³-hybridized carbons (Fsp3) is 0.786. The molecule has 1 rings (SSSR count). The van der Waals surface area contributed by atoms with Crippen LogP contribution in [0.1, 0.15) is 33.1 Å². The molecular formula is C14H24N2O4. The second-order valence-electron chi connectivity index (χ2n) is 5.37. The first-order valence-corrected chi connectivity index (χ1v) is 7.09. The van der Waals surface area contributed by atoms with Crippen LogP contribution >= 0.6 is 0 Å². The molecule has 0 aromatic rings. The Labute approximate surface area is 119 Å². The van der Waals surface area contributed by atoms with Crippen LogP contribution in [0.4, 0.5) is 0 Å². The van der Waals surface area contributed by atoms with E-state index in [4.69, 9.17) is 0 Å². The molecule has 1 N–H and O–H groups in total. The average molecular weight is 284 g/mol. The van der Waals surface area contributed by atoms with E-state index in [1.807, 2.05) is 18.7 Å². The first kappa shape index (κ1) is 16.5. The number of methoxy groups -OCH3 is 1. The number of piperidine rings is 1. The molecule has 0 aromatic carbocycles. The zero-order valence-electron chi connectivity index (χ0n) is 12.5. The van der Waals surface area contributed by atoms with E-state index in [1.165, 1.54) is 7.11 Å². The maximum atomic E-state index is 11.9. The highest BCUT2D eigenvalue weighted by Crippen LogP contribution is 2.18. The summed E-state index contributed by atoms with van der Waals surface area (Å²) in [5.41, 5.74) is 0. The van der Waals surface area contributed by atoms with Gasteiger partial charge in [0.05, 0.1) is 13.5 Å². The minimum atomic E-state index is -0.331. The largest absolute Gasteiger partial charge is 0.469 e. The molecule has 0 aromatic heterocycles. The van der Waals surface area contributed by atoms with Crippen LogP contribution in [0.3, 0.4) is 0 Å². The molecule has 0 unspecified atom stereocenters. The van der Waals surface area contributed by atoms with Gasteiger partial charge in [-0.25, -0.2) is 0 Å². The molecule has 0 atom stereocenters. The third kappa shape index (κ3) is 4.83. The van der Waals surface area contributed by atoms with Gasteiger partial charge in [-0.3, -0.25) is 14.4 Å². The summed E-state index contributed by atoms with van der Waals surface area (Å²) in [6, 6.07) is 0. The van der Waals surface area contributed by atoms with Crippen molar-refractivity contribution in [1.29, 1.82) is 0 Å². The van der Waals surface area contributed by atoms with E-state index in [-0.39, 0.29) is 36.0 Å². The zero-order chi connectivity index (χ0) is 15.1. The third-order valence-corrected chi connectivity index (χ3v) is 3.53. The number of carbonyl (C=O) groups excluding carboxylic acids is 3. The van der Waals surface area contributed by atoms with Gasteiger partial charge in [-0.2, -0.15) is 0 Å². The molecule has 0 bridgehead atoms. The van der Waals surface area contributed by atoms with E-state index < -0.39 is 0 Å². The summed E-state index contributed by atoms with van der Waals surface area (Å²) in [6.07, 6.45) is 1.55. The Balaban J connectivity index is 2.29. The van der Waals surface area contributed by atoms with Crippen molar-refractivity contribution in [3.05, 3.63) is 0 Å². The van der Waals surface area contributed by atoms with Crippen LogP contribution < -0.4 is 5.32 Å². The standard InChI is InChI=1S/C14H24N2O4/c1-10(2)14(19)16-8-5-11(6-9-16)13(18)15-7-4-12(17)20-3/h10-11H,4-9H2,1-3H3,(H,15,18). The predicted molar refractivity (Wildman–Crippen MR) is 73.8 cm³/mol. The Bertz CT molecular complexity index is 360. The highest BCUT2D eigenvalue weighted by molar-refractivity contribution is 5.81. The van der Waals surface area contributed by atoms with Crippen LogP contribution in [-0.2, 0) is 19.1 Å². The van der Waals surface area contributed by atoms with Crippen molar-refractivity contribution >= 4 is 17.8 Å². The number of rotatable bonds is 5. The van der Waals surface area contributed by atoms with Crippen molar-refractivity contribution in [2.24, 2.45) is 11.8 Å². The monoisotopic (exact) mass is 284 g/mol. The average Bonchev–Trinajstić information content (AvgIpc) is 2.46. The molecule has 1 saturated heterocycles. The van der Waals surface area contributed by atoms with Crippen molar-refractivity contribution in [2.75, 3.05) is 26.7 Å². The molecule has 2 amide bonds. The SMILES string of the molecule is COC(=O)CCNC(=O)C1CCN(C(=O)C(C)C)CC1. The summed E-state index contributed by atoms with van der Waals surface area (Å²) in [5, 5.41) is 2.74. The first-order chi connectivity index (χ1) is 9.45. The predicted octanol–water partition coefficient (Wildman–Crippen LogP) is 0.560. The van der Waals surface area contributed by atoms with Crippen LogP contribution in [0.15, 0.2) is 0 Å². The van der Waals surface area contributed by atoms with Gasteiger partial charge in [-0.05, 0) is 12.8 Å². The Hall–Kier alpha value is -1.59. The summed E-state index contributed by atoms with van der Waals surface area (Å²) in [5.74, 6) is -0.285. The maximum Gasteiger partial charge on any atom is 0.307 e. The Kier molecular flexibility index (Phi) is 6.48. The van der Waals surface area contributed by atoms with Gasteiger partial charge in [0, 0.05) is 31.5 Å². The van der Waals surface area contributed by atoms with Crippen molar-refractivity contribution < 1.29 is 19.1 Å². The molecule has 1 fully saturated rings. The Morgan fingerprint density at radius 3 is 2.35 bits per heavy atom. The fourth-order valence-corrected chi connectivity index (χ4v) is 2.26. The zero-order valence-corrected chi connectivity index (χ0v) is 12.5. The van der Waals surface area contributed by atoms with Gasteiger partial charge in [-0.15, -0.1) is 0 Å². The van der Waals surface area contributed by atoms with Gasteiger partial charge >= 0.3 is 5.97 Å². The van der Waals surface area contributed by atoms with E-state index >= 15 is 0 Å². The van der Waals surface area contributed by atoms with Crippen LogP contribution in [0.2, 0.25) is 0 Å². The van der Waals surface area contributed by atoms with E-state index in [2.05, 4.69) is 10.1 Å². The van der Waals surface area contributed by atoms with Crippen molar-refractivity contribution in [3.8, 4) is 0 Å². The lowest BCUT2D eigenvalue weighted by Gasteiger charge is -2.32. The number of hydrogen-bond acceptors (Lipinski definition) is 4. The molecule has 6 nitrogen and oxygen atoms in total. The highest BCUT2D eigenvalue weighted by Gasteiger charge is 2.27. The Morgan fingerprint density at radius 2 is 1.85 bits per heavy atom. The van der Waals surface area contributed by atoms with Gasteiger partial charge in [0.15, 0.2) is 0 Å². The molecule has 0 radical (unpaired) electrons. The van der Waals surface area contributed by atoms with E-state index in [9.17, 15) is 14.4 Å². The summed E-state index contributed by atoms with van der Waals surface area (Å²) < 4.78 is 4.51. The minimum Gasteiger partial charge on any atom is -0.469 e. The number of nitrogens with one attached hydrogen (secondary N) is 1. The fourth-order valence-electron chi connectivity index (χ4n) is 2.26. The number of carbonyl (C=O) groups is 3. The normalized spacial score (nSPS) is 16.1. The molecule has 1 aliphatic heterocycles. The third-order valence-electron chi connectivity index (χ3n) is 3.53. The van der Waals surface area contributed by atoms with Crippen molar-refractivity contribution in [3.63, 3.8) is 0 Å². The quantitative estimate of drug-likeness (QED) is 0.749. The molecule has 0 aliphatic carbocycles.